The van der Waals surface area contributed by atoms with Crippen LogP contribution in [0.15, 0.2) is 12.1 Å². The van der Waals surface area contributed by atoms with Crippen molar-refractivity contribution in [2.24, 2.45) is 0 Å². The number of alkyl halides is 1. The molecule has 0 saturated carbocycles. The smallest absolute Gasteiger partial charge is 0.228 e. The van der Waals surface area contributed by atoms with Gasteiger partial charge < -0.3 is 4.74 Å². The normalized spacial score (nSPS) is 10.0. The fourth-order valence-corrected chi connectivity index (χ4v) is 0.768. The Bertz CT molecular complexity index is 263. The van der Waals surface area contributed by atoms with Gasteiger partial charge in [0.2, 0.25) is 6.86 Å². The van der Waals surface area contributed by atoms with Gasteiger partial charge in [0.15, 0.2) is 0 Å². The van der Waals surface area contributed by atoms with Gasteiger partial charge in [0.1, 0.15) is 17.4 Å². The summed E-state index contributed by atoms with van der Waals surface area (Å²) in [7, 11) is 0. The molecule has 0 fully saturated rings. The first-order valence-corrected chi connectivity index (χ1v) is 3.29. The molecule has 4 heteroatoms. The Labute approximate surface area is 67.8 Å². The van der Waals surface area contributed by atoms with E-state index in [1.54, 1.807) is 0 Å². The SMILES string of the molecule is Cc1c(F)cc(OCF)cc1F. The van der Waals surface area contributed by atoms with Crippen LogP contribution in [-0.2, 0) is 0 Å². The molecule has 0 unspecified atom stereocenters. The summed E-state index contributed by atoms with van der Waals surface area (Å²) in [6, 6.07) is 1.88. The zero-order valence-electron chi connectivity index (χ0n) is 6.40. The van der Waals surface area contributed by atoms with Crippen LogP contribution in [0.3, 0.4) is 0 Å². The van der Waals surface area contributed by atoms with Crippen LogP contribution >= 0.6 is 0 Å². The maximum Gasteiger partial charge on any atom is 0.228 e. The van der Waals surface area contributed by atoms with Gasteiger partial charge >= 0.3 is 0 Å². The van der Waals surface area contributed by atoms with Crippen molar-refractivity contribution < 1.29 is 17.9 Å². The number of halogens is 3. The summed E-state index contributed by atoms with van der Waals surface area (Å²) in [5, 5.41) is 0. The molecular formula is C8H7F3O. The minimum absolute atomic E-state index is 0.0961. The van der Waals surface area contributed by atoms with E-state index in [4.69, 9.17) is 0 Å². The molecule has 12 heavy (non-hydrogen) atoms. The summed E-state index contributed by atoms with van der Waals surface area (Å²) < 4.78 is 41.3. The molecule has 1 aromatic rings. The third kappa shape index (κ3) is 1.69. The quantitative estimate of drug-likeness (QED) is 0.672. The monoisotopic (exact) mass is 176 g/mol. The van der Waals surface area contributed by atoms with E-state index in [9.17, 15) is 13.2 Å². The Kier molecular flexibility index (Phi) is 2.58. The number of ether oxygens (including phenoxy) is 1. The average molecular weight is 176 g/mol. The Morgan fingerprint density at radius 1 is 1.25 bits per heavy atom. The Balaban J connectivity index is 3.04. The standard InChI is InChI=1S/C8H7F3O/c1-5-7(10)2-6(12-4-9)3-8(5)11/h2-3H,4H2,1H3. The van der Waals surface area contributed by atoms with Crippen molar-refractivity contribution in [1.29, 1.82) is 0 Å². The van der Waals surface area contributed by atoms with Gasteiger partial charge in [-0.3, -0.25) is 0 Å². The average Bonchev–Trinajstić information content (AvgIpc) is 2.01. The lowest BCUT2D eigenvalue weighted by Crippen LogP contribution is -1.94. The van der Waals surface area contributed by atoms with Gasteiger partial charge in [-0.2, -0.15) is 0 Å². The molecule has 0 aliphatic rings. The lowest BCUT2D eigenvalue weighted by Gasteiger charge is -2.03. The van der Waals surface area contributed by atoms with Gasteiger partial charge in [-0.1, -0.05) is 0 Å². The second kappa shape index (κ2) is 3.47. The second-order valence-corrected chi connectivity index (χ2v) is 2.27. The molecule has 0 amide bonds. The van der Waals surface area contributed by atoms with Crippen LogP contribution in [0.25, 0.3) is 0 Å². The molecule has 0 heterocycles. The van der Waals surface area contributed by atoms with E-state index in [0.717, 1.165) is 12.1 Å². The highest BCUT2D eigenvalue weighted by molar-refractivity contribution is 5.29. The van der Waals surface area contributed by atoms with Gasteiger partial charge in [0, 0.05) is 17.7 Å². The highest BCUT2D eigenvalue weighted by Crippen LogP contribution is 2.19. The van der Waals surface area contributed by atoms with Crippen molar-refractivity contribution in [2.75, 3.05) is 6.86 Å². The van der Waals surface area contributed by atoms with Crippen molar-refractivity contribution >= 4 is 0 Å². The fraction of sp³-hybridized carbons (Fsp3) is 0.250. The number of rotatable bonds is 2. The zero-order chi connectivity index (χ0) is 9.14. The van der Waals surface area contributed by atoms with Crippen molar-refractivity contribution in [2.45, 2.75) is 6.92 Å². The highest BCUT2D eigenvalue weighted by atomic mass is 19.1. The highest BCUT2D eigenvalue weighted by Gasteiger charge is 2.06. The Morgan fingerprint density at radius 2 is 1.75 bits per heavy atom. The van der Waals surface area contributed by atoms with Crippen molar-refractivity contribution in [1.82, 2.24) is 0 Å². The molecule has 0 bridgehead atoms. The van der Waals surface area contributed by atoms with Crippen LogP contribution in [0.2, 0.25) is 0 Å². The summed E-state index contributed by atoms with van der Waals surface area (Å²) in [6.45, 7) is 0.200. The molecular weight excluding hydrogens is 169 g/mol. The first kappa shape index (κ1) is 8.90. The van der Waals surface area contributed by atoms with Crippen molar-refractivity contribution in [3.8, 4) is 5.75 Å². The van der Waals surface area contributed by atoms with Crippen molar-refractivity contribution in [3.05, 3.63) is 29.3 Å². The summed E-state index contributed by atoms with van der Waals surface area (Å²) in [5.41, 5.74) is -0.0961. The van der Waals surface area contributed by atoms with E-state index < -0.39 is 18.5 Å². The predicted molar refractivity (Wildman–Crippen MR) is 37.7 cm³/mol. The number of hydrogen-bond acceptors (Lipinski definition) is 1. The zero-order valence-corrected chi connectivity index (χ0v) is 6.40. The van der Waals surface area contributed by atoms with Gasteiger partial charge in [-0.05, 0) is 6.92 Å². The molecule has 0 radical (unpaired) electrons. The first-order chi connectivity index (χ1) is 5.65. The Hall–Kier alpha value is -1.19. The van der Waals surface area contributed by atoms with Crippen LogP contribution in [-0.4, -0.2) is 6.86 Å². The van der Waals surface area contributed by atoms with Gasteiger partial charge in [-0.25, -0.2) is 13.2 Å². The summed E-state index contributed by atoms with van der Waals surface area (Å²) >= 11 is 0. The summed E-state index contributed by atoms with van der Waals surface area (Å²) in [6.07, 6.45) is 0. The number of benzene rings is 1. The minimum Gasteiger partial charge on any atom is -0.463 e. The Morgan fingerprint density at radius 3 is 2.17 bits per heavy atom. The van der Waals surface area contributed by atoms with Crippen LogP contribution in [0.4, 0.5) is 13.2 Å². The van der Waals surface area contributed by atoms with E-state index in [0.29, 0.717) is 0 Å². The second-order valence-electron chi connectivity index (χ2n) is 2.27. The van der Waals surface area contributed by atoms with Gasteiger partial charge in [0.05, 0.1) is 0 Å². The minimum atomic E-state index is -1.10. The van der Waals surface area contributed by atoms with E-state index in [1.807, 2.05) is 0 Å². The van der Waals surface area contributed by atoms with E-state index >= 15 is 0 Å². The molecule has 1 aromatic carbocycles. The molecule has 1 nitrogen and oxygen atoms in total. The van der Waals surface area contributed by atoms with Crippen LogP contribution in [0.1, 0.15) is 5.56 Å². The molecule has 0 N–H and O–H groups in total. The largest absolute Gasteiger partial charge is 0.463 e. The lowest BCUT2D eigenvalue weighted by molar-refractivity contribution is 0.190. The van der Waals surface area contributed by atoms with Crippen molar-refractivity contribution in [3.63, 3.8) is 0 Å². The molecule has 66 valence electrons. The van der Waals surface area contributed by atoms with E-state index in [-0.39, 0.29) is 11.3 Å². The fourth-order valence-electron chi connectivity index (χ4n) is 0.768. The summed E-state index contributed by atoms with van der Waals surface area (Å²) in [5.74, 6) is -1.62. The third-order valence-electron chi connectivity index (χ3n) is 1.48. The predicted octanol–water partition coefficient (Wildman–Crippen LogP) is 2.58. The van der Waals surface area contributed by atoms with Crippen LogP contribution in [0, 0.1) is 18.6 Å². The van der Waals surface area contributed by atoms with E-state index in [1.165, 1.54) is 6.92 Å². The number of hydrogen-bond donors (Lipinski definition) is 0. The van der Waals surface area contributed by atoms with E-state index in [2.05, 4.69) is 4.74 Å². The molecule has 1 rings (SSSR count). The molecule has 0 saturated heterocycles. The van der Waals surface area contributed by atoms with Crippen LogP contribution < -0.4 is 4.74 Å². The summed E-state index contributed by atoms with van der Waals surface area (Å²) in [4.78, 5) is 0. The third-order valence-corrected chi connectivity index (χ3v) is 1.48. The molecule has 0 spiro atoms. The maximum absolute atomic E-state index is 12.7. The van der Waals surface area contributed by atoms with Crippen LogP contribution in [0.5, 0.6) is 5.75 Å². The van der Waals surface area contributed by atoms with Gasteiger partial charge in [-0.15, -0.1) is 0 Å². The first-order valence-electron chi connectivity index (χ1n) is 3.29. The molecule has 0 aliphatic carbocycles. The molecule has 0 atom stereocenters. The maximum atomic E-state index is 12.7. The lowest BCUT2D eigenvalue weighted by atomic mass is 10.2. The van der Waals surface area contributed by atoms with Gasteiger partial charge in [0.25, 0.3) is 0 Å². The molecule has 0 aliphatic heterocycles. The topological polar surface area (TPSA) is 9.23 Å². The molecule has 0 aromatic heterocycles.